The van der Waals surface area contributed by atoms with E-state index in [1.54, 1.807) is 18.2 Å². The molecule has 52 heavy (non-hydrogen) atoms. The van der Waals surface area contributed by atoms with Gasteiger partial charge >= 0.3 is 0 Å². The number of hydrogen-bond donors (Lipinski definition) is 0. The van der Waals surface area contributed by atoms with Crippen LogP contribution in [0.25, 0.3) is 0 Å². The Morgan fingerprint density at radius 3 is 0.865 bits per heavy atom. The lowest BCUT2D eigenvalue weighted by molar-refractivity contribution is -0.0279. The second kappa shape index (κ2) is 34.5. The van der Waals surface area contributed by atoms with Crippen molar-refractivity contribution in [1.29, 1.82) is 0 Å². The maximum Gasteiger partial charge on any atom is 0.297 e. The van der Waals surface area contributed by atoms with Gasteiger partial charge in [0.1, 0.15) is 12.4 Å². The lowest BCUT2D eigenvalue weighted by Crippen LogP contribution is -2.16. The molecule has 2 aromatic carbocycles. The summed E-state index contributed by atoms with van der Waals surface area (Å²) in [6.45, 7) is 10.5. The second-order valence-electron chi connectivity index (χ2n) is 10.5. The van der Waals surface area contributed by atoms with Crippen LogP contribution in [0.1, 0.15) is 0 Å². The van der Waals surface area contributed by atoms with Gasteiger partial charge in [-0.15, -0.1) is 0 Å². The highest BCUT2D eigenvalue weighted by atomic mass is 32.2. The van der Waals surface area contributed by atoms with Gasteiger partial charge in [-0.05, 0) is 24.3 Å². The van der Waals surface area contributed by atoms with Gasteiger partial charge in [-0.3, -0.25) is 4.18 Å². The molecule has 0 radical (unpaired) electrons. The first kappa shape index (κ1) is 45.9. The zero-order valence-corrected chi connectivity index (χ0v) is 31.1. The lowest BCUT2D eigenvalue weighted by atomic mass is 10.3. The molecule has 0 aromatic heterocycles. The minimum Gasteiger partial charge on any atom is -0.491 e. The SMILES string of the molecule is O=S(=O)(OCCOCCOCCOCCOCCOCCOCCOCCOCCOCCOCCOCCOc1ccccc1)c1ccccc1. The Labute approximate surface area is 309 Å². The summed E-state index contributed by atoms with van der Waals surface area (Å²) < 4.78 is 94.4. The molecule has 0 spiro atoms. The minimum atomic E-state index is -3.76. The fraction of sp³-hybridized carbons (Fsp3) is 0.667. The molecule has 0 aliphatic rings. The summed E-state index contributed by atoms with van der Waals surface area (Å²) in [5, 5.41) is 0. The number of rotatable bonds is 39. The van der Waals surface area contributed by atoms with E-state index in [0.717, 1.165) is 5.75 Å². The summed E-state index contributed by atoms with van der Waals surface area (Å²) in [5.41, 5.74) is 0. The summed E-state index contributed by atoms with van der Waals surface area (Å²) >= 11 is 0. The molecule has 2 rings (SSSR count). The standard InChI is InChI=1S/C36H58O15S/c37-52(38,36-9-5-2-6-10-36)51-34-32-49-30-28-47-26-24-45-22-20-43-18-16-41-14-12-39-11-13-40-15-17-42-19-21-44-23-25-46-27-29-48-31-33-50-35-7-3-1-4-8-35/h1-10H,11-34H2. The van der Waals surface area contributed by atoms with Crippen LogP contribution in [-0.2, 0) is 66.4 Å². The molecular weight excluding hydrogens is 704 g/mol. The van der Waals surface area contributed by atoms with Crippen LogP contribution >= 0.6 is 0 Å². The molecule has 0 aliphatic carbocycles. The highest BCUT2D eigenvalue weighted by molar-refractivity contribution is 7.86. The third kappa shape index (κ3) is 28.2. The van der Waals surface area contributed by atoms with Crippen molar-refractivity contribution in [3.05, 3.63) is 60.7 Å². The number of para-hydroxylation sites is 1. The molecule has 15 nitrogen and oxygen atoms in total. The van der Waals surface area contributed by atoms with Crippen molar-refractivity contribution in [2.45, 2.75) is 4.90 Å². The Hall–Kier alpha value is -2.29. The van der Waals surface area contributed by atoms with E-state index in [0.29, 0.717) is 145 Å². The molecule has 16 heteroatoms. The van der Waals surface area contributed by atoms with Crippen molar-refractivity contribution in [1.82, 2.24) is 0 Å². The van der Waals surface area contributed by atoms with E-state index in [1.165, 1.54) is 12.1 Å². The van der Waals surface area contributed by atoms with E-state index >= 15 is 0 Å². The summed E-state index contributed by atoms with van der Waals surface area (Å²) in [6.07, 6.45) is 0. The molecular formula is C36H58O15S. The average molecular weight is 763 g/mol. The third-order valence-electron chi connectivity index (χ3n) is 6.46. The fourth-order valence-corrected chi connectivity index (χ4v) is 4.81. The van der Waals surface area contributed by atoms with E-state index in [9.17, 15) is 8.42 Å². The quantitative estimate of drug-likeness (QED) is 0.0724. The van der Waals surface area contributed by atoms with Crippen LogP contribution < -0.4 is 4.74 Å². The average Bonchev–Trinajstić information content (AvgIpc) is 3.16. The number of benzene rings is 2. The van der Waals surface area contributed by atoms with Crippen LogP contribution in [0.4, 0.5) is 0 Å². The Bertz CT molecular complexity index is 1130. The Balaban J connectivity index is 1.15. The summed E-state index contributed by atoms with van der Waals surface area (Å²) in [4.78, 5) is 0.119. The molecule has 2 aromatic rings. The Morgan fingerprint density at radius 1 is 0.308 bits per heavy atom. The van der Waals surface area contributed by atoms with Gasteiger partial charge < -0.3 is 56.8 Å². The van der Waals surface area contributed by atoms with Crippen molar-refractivity contribution in [3.8, 4) is 5.75 Å². The molecule has 0 unspecified atom stereocenters. The third-order valence-corrected chi connectivity index (χ3v) is 7.78. The van der Waals surface area contributed by atoms with E-state index in [2.05, 4.69) is 0 Å². The van der Waals surface area contributed by atoms with Crippen molar-refractivity contribution < 1.29 is 69.4 Å². The topological polar surface area (TPSA) is 154 Å². The van der Waals surface area contributed by atoms with Crippen molar-refractivity contribution in [2.75, 3.05) is 159 Å². The molecule has 0 saturated carbocycles. The monoisotopic (exact) mass is 762 g/mol. The first-order valence-corrected chi connectivity index (χ1v) is 19.1. The number of hydrogen-bond acceptors (Lipinski definition) is 15. The summed E-state index contributed by atoms with van der Waals surface area (Å²) in [6, 6.07) is 17.6. The van der Waals surface area contributed by atoms with Gasteiger partial charge in [-0.1, -0.05) is 36.4 Å². The van der Waals surface area contributed by atoms with E-state index < -0.39 is 10.1 Å². The second-order valence-corrected chi connectivity index (χ2v) is 12.1. The molecule has 0 N–H and O–H groups in total. The van der Waals surface area contributed by atoms with E-state index in [1.807, 2.05) is 30.3 Å². The molecule has 0 saturated heterocycles. The summed E-state index contributed by atoms with van der Waals surface area (Å²) in [5.74, 6) is 0.837. The van der Waals surface area contributed by atoms with Gasteiger partial charge in [-0.2, -0.15) is 8.42 Å². The highest BCUT2D eigenvalue weighted by Crippen LogP contribution is 2.11. The van der Waals surface area contributed by atoms with Gasteiger partial charge in [0.15, 0.2) is 0 Å². The first-order valence-electron chi connectivity index (χ1n) is 17.7. The van der Waals surface area contributed by atoms with Crippen LogP contribution in [0, 0.1) is 0 Å². The normalized spacial score (nSPS) is 11.7. The zero-order chi connectivity index (χ0) is 36.9. The largest absolute Gasteiger partial charge is 0.491 e. The van der Waals surface area contributed by atoms with Crippen molar-refractivity contribution in [2.24, 2.45) is 0 Å². The van der Waals surface area contributed by atoms with Crippen LogP contribution in [0.2, 0.25) is 0 Å². The van der Waals surface area contributed by atoms with Crippen LogP contribution in [0.3, 0.4) is 0 Å². The predicted molar refractivity (Wildman–Crippen MR) is 191 cm³/mol. The zero-order valence-electron chi connectivity index (χ0n) is 30.3. The van der Waals surface area contributed by atoms with Crippen molar-refractivity contribution >= 4 is 10.1 Å². The molecule has 0 aliphatic heterocycles. The van der Waals surface area contributed by atoms with E-state index in [4.69, 9.17) is 61.0 Å². The van der Waals surface area contributed by atoms with Crippen LogP contribution in [0.5, 0.6) is 5.75 Å². The predicted octanol–water partition coefficient (Wildman–Crippen LogP) is 2.65. The molecule has 0 bridgehead atoms. The molecule has 0 heterocycles. The molecule has 0 atom stereocenters. The summed E-state index contributed by atoms with van der Waals surface area (Å²) in [7, 11) is -3.76. The fourth-order valence-electron chi connectivity index (χ4n) is 3.89. The molecule has 0 amide bonds. The lowest BCUT2D eigenvalue weighted by Gasteiger charge is -2.09. The Morgan fingerprint density at radius 2 is 0.558 bits per heavy atom. The number of ether oxygens (including phenoxy) is 12. The van der Waals surface area contributed by atoms with Gasteiger partial charge in [0, 0.05) is 0 Å². The van der Waals surface area contributed by atoms with Gasteiger partial charge in [0.05, 0.1) is 157 Å². The highest BCUT2D eigenvalue weighted by Gasteiger charge is 2.13. The van der Waals surface area contributed by atoms with E-state index in [-0.39, 0.29) is 18.1 Å². The first-order chi connectivity index (χ1) is 25.7. The van der Waals surface area contributed by atoms with Gasteiger partial charge in [0.2, 0.25) is 0 Å². The Kier molecular flexibility index (Phi) is 30.4. The maximum absolute atomic E-state index is 12.0. The van der Waals surface area contributed by atoms with Crippen LogP contribution in [0.15, 0.2) is 65.6 Å². The molecule has 0 fully saturated rings. The van der Waals surface area contributed by atoms with Gasteiger partial charge in [0.25, 0.3) is 10.1 Å². The maximum atomic E-state index is 12.0. The molecule has 298 valence electrons. The minimum absolute atomic E-state index is 0.0606. The smallest absolute Gasteiger partial charge is 0.297 e. The van der Waals surface area contributed by atoms with Crippen LogP contribution in [-0.4, -0.2) is 167 Å². The van der Waals surface area contributed by atoms with Crippen molar-refractivity contribution in [3.63, 3.8) is 0 Å². The van der Waals surface area contributed by atoms with Gasteiger partial charge in [-0.25, -0.2) is 0 Å².